The third kappa shape index (κ3) is 11.8. The normalized spacial score (nSPS) is 18.7. The van der Waals surface area contributed by atoms with Gasteiger partial charge in [-0.1, -0.05) is 36.8 Å². The Bertz CT molecular complexity index is 2720. The van der Waals surface area contributed by atoms with Crippen molar-refractivity contribution in [1.82, 2.24) is 20.0 Å². The number of Topliss-reactive ketones (excluding diaryl/α,β-unsaturated/α-hetero) is 1. The van der Waals surface area contributed by atoms with Crippen LogP contribution in [0.1, 0.15) is 110 Å². The lowest BCUT2D eigenvalue weighted by Gasteiger charge is -2.19. The van der Waals surface area contributed by atoms with Crippen molar-refractivity contribution in [3.63, 3.8) is 0 Å². The zero-order chi connectivity index (χ0) is 51.1. The Morgan fingerprint density at radius 1 is 0.722 bits per heavy atom. The van der Waals surface area contributed by atoms with Gasteiger partial charge in [-0.3, -0.25) is 43.7 Å². The predicted octanol–water partition coefficient (Wildman–Crippen LogP) is 7.18. The van der Waals surface area contributed by atoms with Crippen LogP contribution in [0, 0.1) is 23.7 Å². The van der Waals surface area contributed by atoms with Gasteiger partial charge in [-0.05, 0) is 74.1 Å². The van der Waals surface area contributed by atoms with E-state index in [1.165, 1.54) is 19.1 Å². The van der Waals surface area contributed by atoms with Crippen molar-refractivity contribution >= 4 is 59.1 Å². The third-order valence-electron chi connectivity index (χ3n) is 13.1. The lowest BCUT2D eigenvalue weighted by atomic mass is 9.94. The van der Waals surface area contributed by atoms with Crippen molar-refractivity contribution < 1.29 is 52.5 Å². The summed E-state index contributed by atoms with van der Waals surface area (Å²) < 4.78 is 29.7. The molecule has 376 valence electrons. The number of hydrogen-bond donors (Lipinski definition) is 1. The van der Waals surface area contributed by atoms with E-state index in [-0.39, 0.29) is 124 Å². The number of carbonyl (C=O) groups excluding carboxylic acids is 6. The molecule has 17 heteroatoms. The predicted molar refractivity (Wildman–Crippen MR) is 268 cm³/mol. The van der Waals surface area contributed by atoms with Gasteiger partial charge in [-0.2, -0.15) is 0 Å². The van der Waals surface area contributed by atoms with E-state index in [0.29, 0.717) is 70.3 Å². The standard InChI is InChI=1S/C55H60N6O11/c1-33(2)42-24-52(64)59(53(42)65)14-11-51(63)56-13-16-70-15-12-41(62)10-8-7-9-36-19-37(31-71-49-25-45-43(22-47(49)68-5)54(66)60-29-34(3)17-39(60)27-57-45)21-38(20-36)32-72-50-26-46-44(23-48(50)69-6)55(67)61-30-35(4)18-40(61)28-58-46/h19-23,25-30,33,39-40,42H,8,10-18,24,31-32H2,1-6H3,(H,56,63)/t39-,40-,42?/m0/s1. The summed E-state index contributed by atoms with van der Waals surface area (Å²) in [6.45, 7) is 8.65. The summed E-state index contributed by atoms with van der Waals surface area (Å²) in [7, 11) is 3.03. The van der Waals surface area contributed by atoms with Crippen LogP contribution < -0.4 is 24.3 Å². The molecule has 5 amide bonds. The number of likely N-dealkylation sites (tertiary alicyclic amines) is 1. The van der Waals surface area contributed by atoms with Gasteiger partial charge in [-0.15, -0.1) is 0 Å². The van der Waals surface area contributed by atoms with Crippen LogP contribution in [0.4, 0.5) is 11.4 Å². The summed E-state index contributed by atoms with van der Waals surface area (Å²) in [4.78, 5) is 90.9. The second kappa shape index (κ2) is 22.7. The van der Waals surface area contributed by atoms with Crippen molar-refractivity contribution in [2.24, 2.45) is 21.8 Å². The van der Waals surface area contributed by atoms with Gasteiger partial charge in [0.15, 0.2) is 23.0 Å². The minimum Gasteiger partial charge on any atom is -0.493 e. The fourth-order valence-corrected chi connectivity index (χ4v) is 9.24. The van der Waals surface area contributed by atoms with Gasteiger partial charge in [0, 0.05) is 93.6 Å². The Morgan fingerprint density at radius 2 is 1.29 bits per heavy atom. The molecule has 0 bridgehead atoms. The Balaban J connectivity index is 0.894. The molecule has 0 aromatic heterocycles. The molecule has 3 aromatic rings. The zero-order valence-corrected chi connectivity index (χ0v) is 41.6. The van der Waals surface area contributed by atoms with E-state index in [0.717, 1.165) is 22.3 Å². The molecule has 5 aliphatic rings. The number of hydrogen-bond acceptors (Lipinski definition) is 13. The lowest BCUT2D eigenvalue weighted by molar-refractivity contribution is -0.140. The molecule has 5 aliphatic heterocycles. The summed E-state index contributed by atoms with van der Waals surface area (Å²) in [6, 6.07) is 12.1. The Hall–Kier alpha value is -7.58. The molecule has 0 saturated carbocycles. The Kier molecular flexibility index (Phi) is 16.0. The average molecular weight is 981 g/mol. The highest BCUT2D eigenvalue weighted by Crippen LogP contribution is 2.41. The van der Waals surface area contributed by atoms with Crippen LogP contribution in [0.3, 0.4) is 0 Å². The molecule has 1 fully saturated rings. The third-order valence-corrected chi connectivity index (χ3v) is 13.1. The second-order valence-electron chi connectivity index (χ2n) is 18.9. The van der Waals surface area contributed by atoms with Gasteiger partial charge in [0.05, 0.1) is 62.0 Å². The zero-order valence-electron chi connectivity index (χ0n) is 41.6. The highest BCUT2D eigenvalue weighted by atomic mass is 16.5. The first-order valence-corrected chi connectivity index (χ1v) is 24.3. The molecule has 72 heavy (non-hydrogen) atoms. The van der Waals surface area contributed by atoms with E-state index >= 15 is 0 Å². The molecular formula is C55H60N6O11. The molecule has 1 N–H and O–H groups in total. The van der Waals surface area contributed by atoms with Crippen molar-refractivity contribution in [2.75, 3.05) is 40.5 Å². The number of nitrogens with one attached hydrogen (secondary N) is 1. The molecule has 8 rings (SSSR count). The van der Waals surface area contributed by atoms with Gasteiger partial charge in [-0.25, -0.2) is 0 Å². The first-order chi connectivity index (χ1) is 34.7. The highest BCUT2D eigenvalue weighted by Gasteiger charge is 2.40. The molecule has 1 saturated heterocycles. The second-order valence-corrected chi connectivity index (χ2v) is 18.9. The number of fused-ring (bicyclic) bond motifs is 4. The van der Waals surface area contributed by atoms with Crippen LogP contribution in [0.15, 0.2) is 76.0 Å². The number of ether oxygens (including phenoxy) is 5. The van der Waals surface area contributed by atoms with E-state index in [1.54, 1.807) is 46.5 Å². The van der Waals surface area contributed by atoms with Crippen molar-refractivity contribution in [3.05, 3.63) is 93.8 Å². The van der Waals surface area contributed by atoms with E-state index in [2.05, 4.69) is 27.1 Å². The maximum Gasteiger partial charge on any atom is 0.260 e. The van der Waals surface area contributed by atoms with Gasteiger partial charge in [0.1, 0.15) is 19.0 Å². The number of rotatable bonds is 20. The molecule has 1 unspecified atom stereocenters. The lowest BCUT2D eigenvalue weighted by Crippen LogP contribution is -2.36. The topological polar surface area (TPSA) is 195 Å². The molecule has 3 aromatic carbocycles. The number of amides is 5. The molecule has 5 heterocycles. The van der Waals surface area contributed by atoms with Crippen LogP contribution in [-0.4, -0.2) is 115 Å². The molecule has 0 radical (unpaired) electrons. The number of methoxy groups -OCH3 is 2. The summed E-state index contributed by atoms with van der Waals surface area (Å²) in [5.74, 6) is 6.50. The maximum absolute atomic E-state index is 13.6. The number of aliphatic imine (C=N–C) groups is 2. The minimum atomic E-state index is -0.334. The minimum absolute atomic E-state index is 0.0129. The van der Waals surface area contributed by atoms with Crippen molar-refractivity contribution in [2.45, 2.75) is 97.9 Å². The summed E-state index contributed by atoms with van der Waals surface area (Å²) in [6.07, 6.45) is 9.62. The number of carbonyl (C=O) groups is 6. The quantitative estimate of drug-likeness (QED) is 0.0685. The number of imide groups is 1. The SMILES string of the molecule is COc1cc2c(cc1OCc1cc(C#CCCC(=O)CCOCCNC(=O)CCN3C(=O)CC(C(C)C)C3=O)cc(COc3cc4c(cc3OC)C(=O)N3C=C(C)C[C@H]3C=N4)c1)N=C[C@@H]1CC(C)=CN1C2=O. The van der Waals surface area contributed by atoms with Crippen molar-refractivity contribution in [3.8, 4) is 34.8 Å². The van der Waals surface area contributed by atoms with Crippen molar-refractivity contribution in [1.29, 1.82) is 0 Å². The van der Waals surface area contributed by atoms with E-state index in [4.69, 9.17) is 23.7 Å². The summed E-state index contributed by atoms with van der Waals surface area (Å²) in [5, 5.41) is 2.73. The van der Waals surface area contributed by atoms with Crippen LogP contribution in [0.25, 0.3) is 0 Å². The fourth-order valence-electron chi connectivity index (χ4n) is 9.24. The first kappa shape index (κ1) is 50.8. The largest absolute Gasteiger partial charge is 0.493 e. The summed E-state index contributed by atoms with van der Waals surface area (Å²) in [5.41, 5.74) is 6.15. The smallest absolute Gasteiger partial charge is 0.260 e. The summed E-state index contributed by atoms with van der Waals surface area (Å²) >= 11 is 0. The number of ketones is 1. The number of benzene rings is 3. The van der Waals surface area contributed by atoms with Crippen LogP contribution >= 0.6 is 0 Å². The average Bonchev–Trinajstić information content (AvgIpc) is 3.98. The molecular weight excluding hydrogens is 921 g/mol. The molecule has 0 aliphatic carbocycles. The van der Waals surface area contributed by atoms with E-state index in [9.17, 15) is 28.8 Å². The van der Waals surface area contributed by atoms with E-state index < -0.39 is 0 Å². The fraction of sp³-hybridized carbons (Fsp3) is 0.418. The van der Waals surface area contributed by atoms with Crippen LogP contribution in [0.5, 0.6) is 23.0 Å². The number of nitrogens with zero attached hydrogens (tertiary/aromatic N) is 5. The van der Waals surface area contributed by atoms with E-state index in [1.807, 2.05) is 58.3 Å². The Labute approximate surface area is 419 Å². The Morgan fingerprint density at radius 3 is 1.82 bits per heavy atom. The maximum atomic E-state index is 13.6. The molecule has 0 spiro atoms. The van der Waals surface area contributed by atoms with Crippen LogP contribution in [-0.2, 0) is 37.1 Å². The van der Waals surface area contributed by atoms with Gasteiger partial charge >= 0.3 is 0 Å². The van der Waals surface area contributed by atoms with Gasteiger partial charge in [0.2, 0.25) is 17.7 Å². The highest BCUT2D eigenvalue weighted by molar-refractivity contribution is 6.06. The van der Waals surface area contributed by atoms with Gasteiger partial charge in [0.25, 0.3) is 11.8 Å². The molecule has 17 nitrogen and oxygen atoms in total. The first-order valence-electron chi connectivity index (χ1n) is 24.3. The monoisotopic (exact) mass is 980 g/mol. The molecule has 3 atom stereocenters. The van der Waals surface area contributed by atoms with Crippen LogP contribution in [0.2, 0.25) is 0 Å². The van der Waals surface area contributed by atoms with Gasteiger partial charge < -0.3 is 38.8 Å².